The second kappa shape index (κ2) is 8.40. The molecule has 1 aliphatic heterocycles. The molecule has 118 valence electrons. The molecule has 22 heavy (non-hydrogen) atoms. The Morgan fingerprint density at radius 3 is 2.77 bits per heavy atom. The Morgan fingerprint density at radius 1 is 1.45 bits per heavy atom. The first-order valence-electron chi connectivity index (χ1n) is 6.61. The molecule has 1 aromatic rings. The number of nitrogens with one attached hydrogen (secondary N) is 1. The number of benzene rings is 1. The summed E-state index contributed by atoms with van der Waals surface area (Å²) in [7, 11) is 1.62. The zero-order valence-electron chi connectivity index (χ0n) is 12.0. The highest BCUT2D eigenvalue weighted by Gasteiger charge is 2.25. The summed E-state index contributed by atoms with van der Waals surface area (Å²) in [6, 6.07) is 7.54. The van der Waals surface area contributed by atoms with Crippen molar-refractivity contribution in [1.82, 2.24) is 10.2 Å². The Bertz CT molecular complexity index is 547. The Kier molecular flexibility index (Phi) is 6.53. The van der Waals surface area contributed by atoms with E-state index in [1.165, 1.54) is 28.4 Å². The molecule has 2 amide bonds. The van der Waals surface area contributed by atoms with Crippen molar-refractivity contribution in [3.8, 4) is 5.75 Å². The molecule has 2 rings (SSSR count). The third-order valence-corrected chi connectivity index (χ3v) is 5.37. The van der Waals surface area contributed by atoms with Crippen molar-refractivity contribution in [3.63, 3.8) is 0 Å². The number of rotatable bonds is 7. The maximum atomic E-state index is 11.8. The fourth-order valence-electron chi connectivity index (χ4n) is 1.78. The summed E-state index contributed by atoms with van der Waals surface area (Å²) < 4.78 is 5.67. The molecule has 0 unspecified atom stereocenters. The average Bonchev–Trinajstić information content (AvgIpc) is 2.85. The zero-order valence-corrected chi connectivity index (χ0v) is 14.5. The van der Waals surface area contributed by atoms with Gasteiger partial charge < -0.3 is 10.1 Å². The average molecular weight is 356 g/mol. The second-order valence-electron chi connectivity index (χ2n) is 4.41. The molecule has 0 saturated carbocycles. The highest BCUT2D eigenvalue weighted by molar-refractivity contribution is 8.23. The van der Waals surface area contributed by atoms with Crippen LogP contribution in [0.2, 0.25) is 0 Å². The van der Waals surface area contributed by atoms with Crippen LogP contribution in [0.4, 0.5) is 0 Å². The van der Waals surface area contributed by atoms with Gasteiger partial charge in [-0.25, -0.2) is 0 Å². The summed E-state index contributed by atoms with van der Waals surface area (Å²) in [5.74, 6) is 1.47. The molecule has 0 spiro atoms. The Balaban J connectivity index is 1.67. The molecule has 0 bridgehead atoms. The lowest BCUT2D eigenvalue weighted by Crippen LogP contribution is -2.37. The van der Waals surface area contributed by atoms with E-state index >= 15 is 0 Å². The van der Waals surface area contributed by atoms with E-state index in [-0.39, 0.29) is 11.8 Å². The van der Waals surface area contributed by atoms with Crippen LogP contribution in [0.15, 0.2) is 29.2 Å². The van der Waals surface area contributed by atoms with E-state index in [9.17, 15) is 9.59 Å². The minimum atomic E-state index is -0.0639. The Morgan fingerprint density at radius 2 is 2.18 bits per heavy atom. The number of thioether (sulfide) groups is 2. The van der Waals surface area contributed by atoms with Crippen molar-refractivity contribution < 1.29 is 14.3 Å². The van der Waals surface area contributed by atoms with Gasteiger partial charge in [0, 0.05) is 18.0 Å². The smallest absolute Gasteiger partial charge is 0.238 e. The lowest BCUT2D eigenvalue weighted by atomic mass is 10.3. The summed E-state index contributed by atoms with van der Waals surface area (Å²) >= 11 is 7.89. The van der Waals surface area contributed by atoms with Gasteiger partial charge in [0.05, 0.1) is 18.6 Å². The van der Waals surface area contributed by atoms with Gasteiger partial charge in [-0.3, -0.25) is 14.5 Å². The van der Waals surface area contributed by atoms with Gasteiger partial charge >= 0.3 is 0 Å². The fourth-order valence-corrected chi connectivity index (χ4v) is 3.63. The van der Waals surface area contributed by atoms with Crippen molar-refractivity contribution in [2.45, 2.75) is 4.90 Å². The maximum absolute atomic E-state index is 11.8. The standard InChI is InChI=1S/C14H16N2O3S3/c1-19-10-2-4-11(5-3-10)21-8-12(17)15-6-7-16-13(18)9-22-14(16)20/h2-5H,6-9H2,1H3,(H,15,17). The molecule has 8 heteroatoms. The number of ether oxygens (including phenoxy) is 1. The minimum Gasteiger partial charge on any atom is -0.497 e. The van der Waals surface area contributed by atoms with Crippen LogP contribution in [0, 0.1) is 0 Å². The number of hydrogen-bond acceptors (Lipinski definition) is 6. The fraction of sp³-hybridized carbons (Fsp3) is 0.357. The van der Waals surface area contributed by atoms with Crippen LogP contribution in [0.25, 0.3) is 0 Å². The van der Waals surface area contributed by atoms with Gasteiger partial charge in [-0.05, 0) is 24.3 Å². The van der Waals surface area contributed by atoms with Crippen LogP contribution in [0.1, 0.15) is 0 Å². The second-order valence-corrected chi connectivity index (χ2v) is 7.07. The van der Waals surface area contributed by atoms with E-state index in [2.05, 4.69) is 5.32 Å². The quantitative estimate of drug-likeness (QED) is 0.593. The van der Waals surface area contributed by atoms with Crippen molar-refractivity contribution >= 4 is 51.9 Å². The molecule has 5 nitrogen and oxygen atoms in total. The summed E-state index contributed by atoms with van der Waals surface area (Å²) in [6.45, 7) is 0.845. The summed E-state index contributed by atoms with van der Waals surface area (Å²) in [4.78, 5) is 25.8. The lowest BCUT2D eigenvalue weighted by Gasteiger charge is -2.15. The van der Waals surface area contributed by atoms with E-state index in [4.69, 9.17) is 17.0 Å². The molecule has 1 heterocycles. The van der Waals surface area contributed by atoms with Crippen LogP contribution in [-0.2, 0) is 9.59 Å². The summed E-state index contributed by atoms with van der Waals surface area (Å²) in [5, 5.41) is 2.80. The molecule has 0 aliphatic carbocycles. The van der Waals surface area contributed by atoms with Gasteiger partial charge in [-0.2, -0.15) is 0 Å². The largest absolute Gasteiger partial charge is 0.497 e. The van der Waals surface area contributed by atoms with Crippen LogP contribution in [0.5, 0.6) is 5.75 Å². The molecule has 1 N–H and O–H groups in total. The van der Waals surface area contributed by atoms with Crippen molar-refractivity contribution in [2.75, 3.05) is 31.7 Å². The van der Waals surface area contributed by atoms with E-state index in [0.717, 1.165) is 10.6 Å². The highest BCUT2D eigenvalue weighted by Crippen LogP contribution is 2.21. The molecule has 1 aliphatic rings. The SMILES string of the molecule is COc1ccc(SCC(=O)NCCN2C(=O)CSC2=S)cc1. The van der Waals surface area contributed by atoms with Gasteiger partial charge in [0.15, 0.2) is 0 Å². The number of thiocarbonyl (C=S) groups is 1. The maximum Gasteiger partial charge on any atom is 0.238 e. The molecule has 1 saturated heterocycles. The number of nitrogens with zero attached hydrogens (tertiary/aromatic N) is 1. The van der Waals surface area contributed by atoms with Crippen molar-refractivity contribution in [1.29, 1.82) is 0 Å². The summed E-state index contributed by atoms with van der Waals surface area (Å²) in [5.41, 5.74) is 0. The van der Waals surface area contributed by atoms with Crippen LogP contribution >= 0.6 is 35.7 Å². The lowest BCUT2D eigenvalue weighted by molar-refractivity contribution is -0.124. The van der Waals surface area contributed by atoms with Gasteiger partial charge in [0.25, 0.3) is 0 Å². The predicted octanol–water partition coefficient (Wildman–Crippen LogP) is 1.76. The van der Waals surface area contributed by atoms with Gasteiger partial charge in [-0.1, -0.05) is 24.0 Å². The van der Waals surface area contributed by atoms with Gasteiger partial charge in [0.2, 0.25) is 11.8 Å². The first-order valence-corrected chi connectivity index (χ1v) is 8.99. The predicted molar refractivity (Wildman–Crippen MR) is 93.5 cm³/mol. The minimum absolute atomic E-state index is 0.0110. The van der Waals surface area contributed by atoms with Crippen LogP contribution in [-0.4, -0.2) is 52.7 Å². The summed E-state index contributed by atoms with van der Waals surface area (Å²) in [6.07, 6.45) is 0. The number of amides is 2. The molecule has 0 radical (unpaired) electrons. The topological polar surface area (TPSA) is 58.6 Å². The van der Waals surface area contributed by atoms with E-state index in [1.807, 2.05) is 24.3 Å². The number of carbonyl (C=O) groups excluding carboxylic acids is 2. The van der Waals surface area contributed by atoms with Gasteiger partial charge in [-0.15, -0.1) is 11.8 Å². The number of methoxy groups -OCH3 is 1. The first-order chi connectivity index (χ1) is 10.6. The first kappa shape index (κ1) is 17.1. The molecule has 0 atom stereocenters. The molecule has 1 aromatic carbocycles. The molecular formula is C14H16N2O3S3. The Labute approximate surface area is 143 Å². The van der Waals surface area contributed by atoms with E-state index in [0.29, 0.717) is 28.9 Å². The third-order valence-electron chi connectivity index (χ3n) is 2.93. The van der Waals surface area contributed by atoms with Crippen molar-refractivity contribution in [3.05, 3.63) is 24.3 Å². The molecule has 0 aromatic heterocycles. The van der Waals surface area contributed by atoms with Crippen LogP contribution < -0.4 is 10.1 Å². The zero-order chi connectivity index (χ0) is 15.9. The number of carbonyl (C=O) groups is 2. The molecule has 1 fully saturated rings. The van der Waals surface area contributed by atoms with E-state index < -0.39 is 0 Å². The van der Waals surface area contributed by atoms with Crippen molar-refractivity contribution in [2.24, 2.45) is 0 Å². The highest BCUT2D eigenvalue weighted by atomic mass is 32.2. The normalized spacial score (nSPS) is 14.3. The third kappa shape index (κ3) is 4.89. The monoisotopic (exact) mass is 356 g/mol. The van der Waals surface area contributed by atoms with Crippen LogP contribution in [0.3, 0.4) is 0 Å². The molecular weight excluding hydrogens is 340 g/mol. The Hall–Kier alpha value is -1.25. The number of hydrogen-bond donors (Lipinski definition) is 1. The van der Waals surface area contributed by atoms with E-state index in [1.54, 1.807) is 7.11 Å². The van der Waals surface area contributed by atoms with Gasteiger partial charge in [0.1, 0.15) is 10.1 Å².